The van der Waals surface area contributed by atoms with Crippen LogP contribution in [0.3, 0.4) is 0 Å². The Morgan fingerprint density at radius 2 is 1.73 bits per heavy atom. The molecule has 2 rings (SSSR count). The van der Waals surface area contributed by atoms with E-state index >= 15 is 0 Å². The minimum Gasteiger partial charge on any atom is -0.466 e. The molecule has 0 unspecified atom stereocenters. The second kappa shape index (κ2) is 10.4. The number of benzene rings is 1. The van der Waals surface area contributed by atoms with Crippen molar-refractivity contribution in [2.45, 2.75) is 36.9 Å². The van der Waals surface area contributed by atoms with Crippen molar-refractivity contribution in [1.29, 1.82) is 0 Å². The normalized spacial score (nSPS) is 14.0. The number of sulfonamides is 1. The lowest BCUT2D eigenvalue weighted by molar-refractivity contribution is -0.275. The van der Waals surface area contributed by atoms with Crippen LogP contribution in [0, 0.1) is 0 Å². The van der Waals surface area contributed by atoms with Gasteiger partial charge in [-0.25, -0.2) is 8.42 Å². The summed E-state index contributed by atoms with van der Waals surface area (Å²) in [6.45, 7) is 3.03. The van der Waals surface area contributed by atoms with E-state index in [1.54, 1.807) is 13.8 Å². The first-order valence-electron chi connectivity index (χ1n) is 9.74. The molecule has 1 heterocycles. The summed E-state index contributed by atoms with van der Waals surface area (Å²) in [5.74, 6) is -3.26. The van der Waals surface area contributed by atoms with Gasteiger partial charge in [0.1, 0.15) is 5.76 Å². The van der Waals surface area contributed by atoms with E-state index in [1.807, 2.05) is 0 Å². The standard InChI is InChI=1S/C20H23F3N2O7S/c1-3-25(4-2)33(29,30)15-9-7-14(8-10-15)24-17(26)13-32-18(27)12-19(28,20(21,22)23)16-6-5-11-31-16/h5-11,28H,3-4,12-13H2,1-2H3,(H,24,26)/t19-/m1/s1. The summed E-state index contributed by atoms with van der Waals surface area (Å²) in [6, 6.07) is 7.16. The van der Waals surface area contributed by atoms with Crippen molar-refractivity contribution >= 4 is 27.6 Å². The van der Waals surface area contributed by atoms with Crippen LogP contribution >= 0.6 is 0 Å². The van der Waals surface area contributed by atoms with Crippen molar-refractivity contribution in [3.63, 3.8) is 0 Å². The molecule has 1 aromatic heterocycles. The molecule has 0 aliphatic carbocycles. The van der Waals surface area contributed by atoms with Crippen molar-refractivity contribution in [3.8, 4) is 0 Å². The maximum atomic E-state index is 13.3. The fourth-order valence-electron chi connectivity index (χ4n) is 2.87. The molecule has 33 heavy (non-hydrogen) atoms. The lowest BCUT2D eigenvalue weighted by Crippen LogP contribution is -2.44. The minimum absolute atomic E-state index is 0.0139. The van der Waals surface area contributed by atoms with Gasteiger partial charge in [-0.2, -0.15) is 17.5 Å². The number of alkyl halides is 3. The van der Waals surface area contributed by atoms with E-state index in [4.69, 9.17) is 0 Å². The average molecular weight is 492 g/mol. The van der Waals surface area contributed by atoms with E-state index < -0.39 is 52.5 Å². The SMILES string of the molecule is CCN(CC)S(=O)(=O)c1ccc(NC(=O)COC(=O)C[C@@](O)(c2ccco2)C(F)(F)F)cc1. The molecule has 0 aliphatic heterocycles. The van der Waals surface area contributed by atoms with Crippen LogP contribution in [0.1, 0.15) is 26.0 Å². The fraction of sp³-hybridized carbons (Fsp3) is 0.400. The van der Waals surface area contributed by atoms with Crippen LogP contribution in [-0.4, -0.2) is 55.6 Å². The summed E-state index contributed by atoms with van der Waals surface area (Å²) in [4.78, 5) is 23.8. The first kappa shape index (κ1) is 26.4. The van der Waals surface area contributed by atoms with Crippen molar-refractivity contribution < 1.29 is 45.4 Å². The Labute approximate surface area is 188 Å². The first-order valence-corrected chi connectivity index (χ1v) is 11.2. The van der Waals surface area contributed by atoms with E-state index in [9.17, 15) is 36.3 Å². The van der Waals surface area contributed by atoms with Crippen LogP contribution < -0.4 is 5.32 Å². The molecule has 1 aromatic carbocycles. The lowest BCUT2D eigenvalue weighted by atomic mass is 9.96. The Hall–Kier alpha value is -2.90. The largest absolute Gasteiger partial charge is 0.466 e. The van der Waals surface area contributed by atoms with Gasteiger partial charge >= 0.3 is 12.1 Å². The quantitative estimate of drug-likeness (QED) is 0.488. The predicted octanol–water partition coefficient (Wildman–Crippen LogP) is 2.63. The molecule has 2 N–H and O–H groups in total. The molecule has 0 fully saturated rings. The molecule has 0 saturated heterocycles. The summed E-state index contributed by atoms with van der Waals surface area (Å²) in [5.41, 5.74) is -3.44. The number of nitrogens with one attached hydrogen (secondary N) is 1. The molecule has 9 nitrogen and oxygen atoms in total. The van der Waals surface area contributed by atoms with Gasteiger partial charge in [-0.1, -0.05) is 13.8 Å². The molecule has 0 spiro atoms. The summed E-state index contributed by atoms with van der Waals surface area (Å²) in [5, 5.41) is 12.3. The molecule has 1 amide bonds. The molecule has 182 valence electrons. The van der Waals surface area contributed by atoms with E-state index in [1.165, 1.54) is 28.6 Å². The van der Waals surface area contributed by atoms with Gasteiger partial charge in [0.15, 0.2) is 6.61 Å². The number of rotatable bonds is 10. The smallest absolute Gasteiger partial charge is 0.425 e. The Morgan fingerprint density at radius 1 is 1.12 bits per heavy atom. The molecular formula is C20H23F3N2O7S. The summed E-state index contributed by atoms with van der Waals surface area (Å²) < 4.78 is 75.1. The molecular weight excluding hydrogens is 469 g/mol. The van der Waals surface area contributed by atoms with Gasteiger partial charge in [0, 0.05) is 18.8 Å². The maximum absolute atomic E-state index is 13.3. The zero-order valence-electron chi connectivity index (χ0n) is 17.8. The minimum atomic E-state index is -5.24. The van der Waals surface area contributed by atoms with Crippen molar-refractivity contribution in [2.24, 2.45) is 0 Å². The number of nitrogens with zero attached hydrogens (tertiary/aromatic N) is 1. The van der Waals surface area contributed by atoms with Crippen LogP contribution in [0.4, 0.5) is 18.9 Å². The van der Waals surface area contributed by atoms with Crippen LogP contribution in [0.25, 0.3) is 0 Å². The number of aliphatic hydroxyl groups is 1. The highest BCUT2D eigenvalue weighted by atomic mass is 32.2. The number of esters is 1. The predicted molar refractivity (Wildman–Crippen MR) is 109 cm³/mol. The summed E-state index contributed by atoms with van der Waals surface area (Å²) >= 11 is 0. The first-order chi connectivity index (χ1) is 15.3. The van der Waals surface area contributed by atoms with Crippen LogP contribution in [0.5, 0.6) is 0 Å². The number of hydrogen-bond acceptors (Lipinski definition) is 7. The summed E-state index contributed by atoms with van der Waals surface area (Å²) in [7, 11) is -3.69. The monoisotopic (exact) mass is 492 g/mol. The molecule has 0 bridgehead atoms. The fourth-order valence-corrected chi connectivity index (χ4v) is 4.32. The van der Waals surface area contributed by atoms with E-state index in [2.05, 4.69) is 14.5 Å². The van der Waals surface area contributed by atoms with Crippen LogP contribution in [0.2, 0.25) is 0 Å². The van der Waals surface area contributed by atoms with Crippen molar-refractivity contribution in [2.75, 3.05) is 25.0 Å². The number of amides is 1. The number of furan rings is 1. The Kier molecular flexibility index (Phi) is 8.27. The number of anilines is 1. The topological polar surface area (TPSA) is 126 Å². The molecule has 1 atom stereocenters. The van der Waals surface area contributed by atoms with E-state index in [0.717, 1.165) is 18.4 Å². The molecule has 13 heteroatoms. The van der Waals surface area contributed by atoms with Gasteiger partial charge in [-0.15, -0.1) is 0 Å². The highest BCUT2D eigenvalue weighted by Crippen LogP contribution is 2.42. The highest BCUT2D eigenvalue weighted by Gasteiger charge is 2.58. The Balaban J connectivity index is 1.97. The van der Waals surface area contributed by atoms with Gasteiger partial charge in [-0.05, 0) is 36.4 Å². The van der Waals surface area contributed by atoms with E-state index in [-0.39, 0.29) is 23.7 Å². The zero-order valence-corrected chi connectivity index (χ0v) is 18.6. The van der Waals surface area contributed by atoms with Gasteiger partial charge in [-0.3, -0.25) is 9.59 Å². The Bertz CT molecular complexity index is 1050. The summed E-state index contributed by atoms with van der Waals surface area (Å²) in [6.07, 6.45) is -5.85. The van der Waals surface area contributed by atoms with Crippen molar-refractivity contribution in [1.82, 2.24) is 4.31 Å². The third-order valence-electron chi connectivity index (χ3n) is 4.64. The Morgan fingerprint density at radius 3 is 2.21 bits per heavy atom. The number of halogens is 3. The van der Waals surface area contributed by atoms with Gasteiger partial charge < -0.3 is 19.6 Å². The van der Waals surface area contributed by atoms with Crippen LogP contribution in [-0.2, 0) is 30.0 Å². The van der Waals surface area contributed by atoms with Crippen LogP contribution in [0.15, 0.2) is 52.0 Å². The second-order valence-electron chi connectivity index (χ2n) is 6.83. The second-order valence-corrected chi connectivity index (χ2v) is 8.77. The van der Waals surface area contributed by atoms with Gasteiger partial charge in [0.2, 0.25) is 15.6 Å². The van der Waals surface area contributed by atoms with Crippen molar-refractivity contribution in [3.05, 3.63) is 48.4 Å². The number of hydrogen-bond donors (Lipinski definition) is 2. The molecule has 0 saturated carbocycles. The number of ether oxygens (including phenoxy) is 1. The maximum Gasteiger partial charge on any atom is 0.425 e. The lowest BCUT2D eigenvalue weighted by Gasteiger charge is -2.27. The molecule has 0 aliphatic rings. The van der Waals surface area contributed by atoms with E-state index in [0.29, 0.717) is 0 Å². The third-order valence-corrected chi connectivity index (χ3v) is 6.71. The third kappa shape index (κ3) is 6.12. The highest BCUT2D eigenvalue weighted by molar-refractivity contribution is 7.89. The molecule has 2 aromatic rings. The molecule has 0 radical (unpaired) electrons. The number of carbonyl (C=O) groups is 2. The number of carbonyl (C=O) groups excluding carboxylic acids is 2. The van der Waals surface area contributed by atoms with Gasteiger partial charge in [0.05, 0.1) is 17.6 Å². The average Bonchev–Trinajstić information content (AvgIpc) is 3.28. The van der Waals surface area contributed by atoms with Gasteiger partial charge in [0.25, 0.3) is 5.91 Å². The zero-order chi connectivity index (χ0) is 24.9.